The van der Waals surface area contributed by atoms with E-state index in [4.69, 9.17) is 0 Å². The SMILES string of the molecule is CCN1CCN(C(=O)C2C(C)(C)C2(C)C)CC1. The van der Waals surface area contributed by atoms with Crippen LogP contribution in [-0.2, 0) is 4.79 Å². The van der Waals surface area contributed by atoms with Crippen LogP contribution in [0.3, 0.4) is 0 Å². The molecule has 2 aliphatic rings. The maximum absolute atomic E-state index is 12.5. The number of rotatable bonds is 2. The van der Waals surface area contributed by atoms with E-state index in [2.05, 4.69) is 44.4 Å². The van der Waals surface area contributed by atoms with Crippen molar-refractivity contribution in [3.63, 3.8) is 0 Å². The fourth-order valence-corrected chi connectivity index (χ4v) is 3.28. The van der Waals surface area contributed by atoms with Crippen molar-refractivity contribution >= 4 is 5.91 Å². The van der Waals surface area contributed by atoms with Crippen LogP contribution in [0.25, 0.3) is 0 Å². The van der Waals surface area contributed by atoms with Gasteiger partial charge in [-0.3, -0.25) is 4.79 Å². The zero-order valence-corrected chi connectivity index (χ0v) is 11.9. The molecule has 98 valence electrons. The summed E-state index contributed by atoms with van der Waals surface area (Å²) in [6.07, 6.45) is 0. The third kappa shape index (κ3) is 1.88. The molecule has 0 bridgehead atoms. The maximum Gasteiger partial charge on any atom is 0.226 e. The van der Waals surface area contributed by atoms with Gasteiger partial charge < -0.3 is 9.80 Å². The minimum Gasteiger partial charge on any atom is -0.340 e. The molecule has 2 fully saturated rings. The van der Waals surface area contributed by atoms with E-state index in [1.165, 1.54) is 0 Å². The lowest BCUT2D eigenvalue weighted by molar-refractivity contribution is -0.135. The number of hydrogen-bond donors (Lipinski definition) is 0. The highest BCUT2D eigenvalue weighted by atomic mass is 16.2. The van der Waals surface area contributed by atoms with Gasteiger partial charge in [-0.15, -0.1) is 0 Å². The average Bonchev–Trinajstić information content (AvgIpc) is 2.69. The molecule has 17 heavy (non-hydrogen) atoms. The summed E-state index contributed by atoms with van der Waals surface area (Å²) in [5.41, 5.74) is 0.345. The first kappa shape index (κ1) is 12.9. The first-order valence-corrected chi connectivity index (χ1v) is 6.83. The van der Waals surface area contributed by atoms with Crippen LogP contribution in [-0.4, -0.2) is 48.4 Å². The van der Waals surface area contributed by atoms with Crippen LogP contribution in [0.1, 0.15) is 34.6 Å². The number of nitrogens with zero attached hydrogens (tertiary/aromatic N) is 2. The summed E-state index contributed by atoms with van der Waals surface area (Å²) in [6, 6.07) is 0. The Bertz CT molecular complexity index is 300. The van der Waals surface area contributed by atoms with Crippen molar-refractivity contribution in [1.82, 2.24) is 9.80 Å². The highest BCUT2D eigenvalue weighted by molar-refractivity contribution is 5.84. The second-order valence-electron chi connectivity index (χ2n) is 6.64. The molecule has 1 heterocycles. The van der Waals surface area contributed by atoms with E-state index in [9.17, 15) is 4.79 Å². The van der Waals surface area contributed by atoms with Gasteiger partial charge in [0.15, 0.2) is 0 Å². The minimum absolute atomic E-state index is 0.173. The second kappa shape index (κ2) is 3.98. The van der Waals surface area contributed by atoms with Crippen molar-refractivity contribution < 1.29 is 4.79 Å². The second-order valence-corrected chi connectivity index (χ2v) is 6.64. The van der Waals surface area contributed by atoms with E-state index in [0.717, 1.165) is 32.7 Å². The monoisotopic (exact) mass is 238 g/mol. The minimum atomic E-state index is 0.173. The van der Waals surface area contributed by atoms with Crippen LogP contribution in [0.2, 0.25) is 0 Å². The van der Waals surface area contributed by atoms with Gasteiger partial charge in [-0.25, -0.2) is 0 Å². The Labute approximate surface area is 105 Å². The first-order valence-electron chi connectivity index (χ1n) is 6.83. The topological polar surface area (TPSA) is 23.6 Å². The van der Waals surface area contributed by atoms with Crippen molar-refractivity contribution in [2.24, 2.45) is 16.7 Å². The standard InChI is InChI=1S/C14H26N2O/c1-6-15-7-9-16(10-8-15)12(17)11-13(2,3)14(11,4)5/h11H,6-10H2,1-5H3. The molecule has 1 saturated carbocycles. The van der Waals surface area contributed by atoms with E-state index in [1.54, 1.807) is 0 Å². The summed E-state index contributed by atoms with van der Waals surface area (Å²) in [5.74, 6) is 0.610. The molecule has 3 nitrogen and oxygen atoms in total. The lowest BCUT2D eigenvalue weighted by Gasteiger charge is -2.34. The molecule has 0 unspecified atom stereocenters. The van der Waals surface area contributed by atoms with Gasteiger partial charge in [-0.2, -0.15) is 0 Å². The molecule has 0 N–H and O–H groups in total. The third-order valence-corrected chi connectivity index (χ3v) is 5.40. The lowest BCUT2D eigenvalue weighted by Crippen LogP contribution is -2.49. The Balaban J connectivity index is 1.95. The molecule has 3 heteroatoms. The molecule has 1 aliphatic carbocycles. The van der Waals surface area contributed by atoms with Gasteiger partial charge in [0.25, 0.3) is 0 Å². The highest BCUT2D eigenvalue weighted by Crippen LogP contribution is 2.68. The van der Waals surface area contributed by atoms with Crippen LogP contribution in [0.4, 0.5) is 0 Å². The van der Waals surface area contributed by atoms with Crippen LogP contribution in [0, 0.1) is 16.7 Å². The zero-order valence-electron chi connectivity index (χ0n) is 11.9. The van der Waals surface area contributed by atoms with Crippen LogP contribution in [0.5, 0.6) is 0 Å². The van der Waals surface area contributed by atoms with E-state index in [1.807, 2.05) is 0 Å². The van der Waals surface area contributed by atoms with Crippen LogP contribution in [0.15, 0.2) is 0 Å². The number of piperazine rings is 1. The normalized spacial score (nSPS) is 28.2. The van der Waals surface area contributed by atoms with Crippen molar-refractivity contribution in [1.29, 1.82) is 0 Å². The highest BCUT2D eigenvalue weighted by Gasteiger charge is 2.68. The number of carbonyl (C=O) groups is 1. The first-order chi connectivity index (χ1) is 7.82. The van der Waals surface area contributed by atoms with Crippen molar-refractivity contribution in [2.75, 3.05) is 32.7 Å². The zero-order chi connectivity index (χ0) is 12.8. The Morgan fingerprint density at radius 3 is 1.88 bits per heavy atom. The molecule has 0 aromatic carbocycles. The Kier molecular flexibility index (Phi) is 3.01. The summed E-state index contributed by atoms with van der Waals surface area (Å²) >= 11 is 0. The molecule has 1 aliphatic heterocycles. The largest absolute Gasteiger partial charge is 0.340 e. The van der Waals surface area contributed by atoms with Crippen LogP contribution < -0.4 is 0 Å². The van der Waals surface area contributed by atoms with Crippen molar-refractivity contribution in [3.8, 4) is 0 Å². The third-order valence-electron chi connectivity index (χ3n) is 5.40. The summed E-state index contributed by atoms with van der Waals surface area (Å²) in [6.45, 7) is 16.1. The van der Waals surface area contributed by atoms with Gasteiger partial charge in [0.1, 0.15) is 0 Å². The molecule has 0 aromatic heterocycles. The van der Waals surface area contributed by atoms with Gasteiger partial charge in [0.2, 0.25) is 5.91 Å². The van der Waals surface area contributed by atoms with Crippen molar-refractivity contribution in [3.05, 3.63) is 0 Å². The number of carbonyl (C=O) groups excluding carboxylic acids is 1. The fraction of sp³-hybridized carbons (Fsp3) is 0.929. The molecule has 0 spiro atoms. The Hall–Kier alpha value is -0.570. The molecular weight excluding hydrogens is 212 g/mol. The molecule has 1 saturated heterocycles. The molecule has 1 amide bonds. The quantitative estimate of drug-likeness (QED) is 0.733. The summed E-state index contributed by atoms with van der Waals surface area (Å²) in [5, 5.41) is 0. The lowest BCUT2D eigenvalue weighted by atomic mass is 10.0. The molecule has 0 aromatic rings. The smallest absolute Gasteiger partial charge is 0.226 e. The van der Waals surface area contributed by atoms with Gasteiger partial charge >= 0.3 is 0 Å². The average molecular weight is 238 g/mol. The van der Waals surface area contributed by atoms with E-state index in [0.29, 0.717) is 5.91 Å². The fourth-order valence-electron chi connectivity index (χ4n) is 3.28. The van der Waals surface area contributed by atoms with Crippen molar-refractivity contribution in [2.45, 2.75) is 34.6 Å². The summed E-state index contributed by atoms with van der Waals surface area (Å²) in [7, 11) is 0. The molecule has 0 radical (unpaired) electrons. The summed E-state index contributed by atoms with van der Waals surface area (Å²) < 4.78 is 0. The molecule has 0 atom stereocenters. The van der Waals surface area contributed by atoms with E-state index < -0.39 is 0 Å². The number of likely N-dealkylation sites (N-methyl/N-ethyl adjacent to an activating group) is 1. The Morgan fingerprint density at radius 2 is 1.53 bits per heavy atom. The van der Waals surface area contributed by atoms with Gasteiger partial charge in [-0.05, 0) is 17.4 Å². The number of amides is 1. The van der Waals surface area contributed by atoms with Crippen LogP contribution >= 0.6 is 0 Å². The van der Waals surface area contributed by atoms with E-state index in [-0.39, 0.29) is 16.7 Å². The van der Waals surface area contributed by atoms with E-state index >= 15 is 0 Å². The predicted octanol–water partition coefficient (Wildman–Crippen LogP) is 1.83. The number of hydrogen-bond acceptors (Lipinski definition) is 2. The summed E-state index contributed by atoms with van der Waals surface area (Å²) in [4.78, 5) is 17.0. The Morgan fingerprint density at radius 1 is 1.06 bits per heavy atom. The van der Waals surface area contributed by atoms with Gasteiger partial charge in [0, 0.05) is 32.1 Å². The predicted molar refractivity (Wildman–Crippen MR) is 69.7 cm³/mol. The van der Waals surface area contributed by atoms with Gasteiger partial charge in [-0.1, -0.05) is 34.6 Å². The van der Waals surface area contributed by atoms with Gasteiger partial charge in [0.05, 0.1) is 0 Å². The maximum atomic E-state index is 12.5. The molecule has 2 rings (SSSR count). The molecular formula is C14H26N2O.